The molecule has 0 aliphatic carbocycles. The molecule has 0 radical (unpaired) electrons. The van der Waals surface area contributed by atoms with Crippen LogP contribution in [-0.2, 0) is 17.9 Å². The van der Waals surface area contributed by atoms with E-state index >= 15 is 0 Å². The van der Waals surface area contributed by atoms with Crippen molar-refractivity contribution in [2.75, 3.05) is 0 Å². The van der Waals surface area contributed by atoms with Crippen molar-refractivity contribution in [1.82, 2.24) is 4.90 Å². The first-order valence-electron chi connectivity index (χ1n) is 9.56. The van der Waals surface area contributed by atoms with Crippen LogP contribution in [0.4, 0.5) is 4.79 Å². The van der Waals surface area contributed by atoms with Gasteiger partial charge in [0.15, 0.2) is 0 Å². The van der Waals surface area contributed by atoms with Crippen LogP contribution in [0.5, 0.6) is 5.75 Å². The minimum absolute atomic E-state index is 0.0186. The second-order valence-corrected chi connectivity index (χ2v) is 9.20. The first kappa shape index (κ1) is 22.7. The van der Waals surface area contributed by atoms with Crippen molar-refractivity contribution < 1.29 is 14.3 Å². The Hall–Kier alpha value is -2.44. The number of carbonyl (C=O) groups is 2. The molecule has 1 saturated heterocycles. The summed E-state index contributed by atoms with van der Waals surface area (Å²) in [5.41, 5.74) is 2.27. The Morgan fingerprint density at radius 1 is 0.906 bits per heavy atom. The molecule has 0 bridgehead atoms. The molecule has 2 amide bonds. The van der Waals surface area contributed by atoms with Gasteiger partial charge < -0.3 is 4.74 Å². The zero-order valence-electron chi connectivity index (χ0n) is 16.6. The smallest absolute Gasteiger partial charge is 0.293 e. The number of halogens is 3. The third-order valence-corrected chi connectivity index (χ3v) is 6.59. The molecule has 0 saturated carbocycles. The Bertz CT molecular complexity index is 1190. The molecule has 3 aromatic rings. The van der Waals surface area contributed by atoms with Crippen LogP contribution in [-0.4, -0.2) is 16.0 Å². The largest absolute Gasteiger partial charge is 0.489 e. The van der Waals surface area contributed by atoms with Crippen molar-refractivity contribution in [1.29, 1.82) is 0 Å². The number of amides is 2. The van der Waals surface area contributed by atoms with Gasteiger partial charge in [-0.25, -0.2) is 0 Å². The Balaban J connectivity index is 1.48. The number of thioether (sulfide) groups is 1. The van der Waals surface area contributed by atoms with Crippen molar-refractivity contribution in [2.24, 2.45) is 0 Å². The predicted octanol–water partition coefficient (Wildman–Crippen LogP) is 7.46. The molecule has 1 aliphatic heterocycles. The summed E-state index contributed by atoms with van der Waals surface area (Å²) in [6, 6.07) is 19.8. The Morgan fingerprint density at radius 3 is 2.31 bits per heavy atom. The molecular weight excluding hydrogens is 489 g/mol. The molecule has 0 unspecified atom stereocenters. The molecule has 162 valence electrons. The first-order valence-corrected chi connectivity index (χ1v) is 11.5. The van der Waals surface area contributed by atoms with E-state index in [2.05, 4.69) is 0 Å². The minimum atomic E-state index is -0.386. The highest BCUT2D eigenvalue weighted by atomic mass is 35.5. The monoisotopic (exact) mass is 503 g/mol. The lowest BCUT2D eigenvalue weighted by molar-refractivity contribution is -0.123. The van der Waals surface area contributed by atoms with E-state index in [0.29, 0.717) is 37.9 Å². The Labute approximate surface area is 204 Å². The van der Waals surface area contributed by atoms with E-state index < -0.39 is 0 Å². The molecule has 1 heterocycles. The fraction of sp³-hybridized carbons (Fsp3) is 0.0833. The lowest BCUT2D eigenvalue weighted by Crippen LogP contribution is -2.27. The number of ether oxygens (including phenoxy) is 1. The number of hydrogen-bond acceptors (Lipinski definition) is 4. The number of nitrogens with zero attached hydrogens (tertiary/aromatic N) is 1. The number of rotatable bonds is 6. The van der Waals surface area contributed by atoms with E-state index in [4.69, 9.17) is 39.5 Å². The molecule has 3 aromatic carbocycles. The zero-order valence-corrected chi connectivity index (χ0v) is 19.6. The van der Waals surface area contributed by atoms with Crippen molar-refractivity contribution in [3.63, 3.8) is 0 Å². The van der Waals surface area contributed by atoms with Crippen molar-refractivity contribution in [2.45, 2.75) is 13.2 Å². The topological polar surface area (TPSA) is 46.6 Å². The van der Waals surface area contributed by atoms with Crippen LogP contribution in [0.1, 0.15) is 16.7 Å². The maximum Gasteiger partial charge on any atom is 0.293 e. The van der Waals surface area contributed by atoms with Crippen LogP contribution in [0.3, 0.4) is 0 Å². The van der Waals surface area contributed by atoms with Crippen LogP contribution < -0.4 is 4.74 Å². The number of carbonyl (C=O) groups excluding carboxylic acids is 2. The molecule has 0 aromatic heterocycles. The maximum absolute atomic E-state index is 12.9. The van der Waals surface area contributed by atoms with Gasteiger partial charge in [-0.1, -0.05) is 65.1 Å². The Kier molecular flexibility index (Phi) is 7.11. The fourth-order valence-corrected chi connectivity index (χ4v) is 4.55. The van der Waals surface area contributed by atoms with Gasteiger partial charge in [0, 0.05) is 20.6 Å². The second-order valence-electron chi connectivity index (χ2n) is 6.96. The van der Waals surface area contributed by atoms with Crippen molar-refractivity contribution in [3.8, 4) is 5.75 Å². The molecular formula is C24H16Cl3NO3S. The molecule has 4 rings (SSSR count). The quantitative estimate of drug-likeness (QED) is 0.327. The molecule has 1 fully saturated rings. The zero-order chi connectivity index (χ0) is 22.7. The summed E-state index contributed by atoms with van der Waals surface area (Å²) in [7, 11) is 0. The van der Waals surface area contributed by atoms with Gasteiger partial charge in [-0.3, -0.25) is 14.5 Å². The highest BCUT2D eigenvalue weighted by molar-refractivity contribution is 8.18. The standard InChI is InChI=1S/C24H16Cl3NO3S/c25-17-9-7-15(8-10-17)14-31-18-4-1-3-16(11-18)12-22-23(29)28(24(30)32-22)13-19-20(26)5-2-6-21(19)27/h1-12H,13-14H2/b22-12-. The molecule has 0 spiro atoms. The first-order chi connectivity index (χ1) is 15.4. The van der Waals surface area contributed by atoms with E-state index in [-0.39, 0.29) is 17.7 Å². The summed E-state index contributed by atoms with van der Waals surface area (Å²) < 4.78 is 5.84. The predicted molar refractivity (Wildman–Crippen MR) is 130 cm³/mol. The molecule has 1 aliphatic rings. The molecule has 0 N–H and O–H groups in total. The maximum atomic E-state index is 12.9. The van der Waals surface area contributed by atoms with Gasteiger partial charge in [-0.05, 0) is 65.4 Å². The third kappa shape index (κ3) is 5.30. The van der Waals surface area contributed by atoms with Crippen LogP contribution in [0.2, 0.25) is 15.1 Å². The van der Waals surface area contributed by atoms with Gasteiger partial charge in [0.25, 0.3) is 11.1 Å². The fourth-order valence-electron chi connectivity index (χ4n) is 3.07. The lowest BCUT2D eigenvalue weighted by atomic mass is 10.2. The average Bonchev–Trinajstić information content (AvgIpc) is 3.03. The number of hydrogen-bond donors (Lipinski definition) is 0. The summed E-state index contributed by atoms with van der Waals surface area (Å²) >= 11 is 19.2. The molecule has 4 nitrogen and oxygen atoms in total. The van der Waals surface area contributed by atoms with Crippen LogP contribution in [0, 0.1) is 0 Å². The van der Waals surface area contributed by atoms with E-state index in [9.17, 15) is 9.59 Å². The number of imide groups is 1. The summed E-state index contributed by atoms with van der Waals surface area (Å²) in [4.78, 5) is 26.8. The van der Waals surface area contributed by atoms with Crippen LogP contribution in [0.15, 0.2) is 71.6 Å². The molecule has 32 heavy (non-hydrogen) atoms. The van der Waals surface area contributed by atoms with Gasteiger partial charge in [0.05, 0.1) is 11.4 Å². The van der Waals surface area contributed by atoms with Gasteiger partial charge >= 0.3 is 0 Å². The van der Waals surface area contributed by atoms with E-state index in [1.807, 2.05) is 48.5 Å². The van der Waals surface area contributed by atoms with Crippen LogP contribution in [0.25, 0.3) is 6.08 Å². The van der Waals surface area contributed by atoms with E-state index in [1.165, 1.54) is 0 Å². The van der Waals surface area contributed by atoms with E-state index in [1.54, 1.807) is 24.3 Å². The molecule has 8 heteroatoms. The van der Waals surface area contributed by atoms with Gasteiger partial charge in [0.2, 0.25) is 0 Å². The summed E-state index contributed by atoms with van der Waals surface area (Å²) in [6.07, 6.45) is 1.67. The lowest BCUT2D eigenvalue weighted by Gasteiger charge is -2.14. The SMILES string of the molecule is O=C1S/C(=C\c2cccc(OCc3ccc(Cl)cc3)c2)C(=O)N1Cc1c(Cl)cccc1Cl. The Morgan fingerprint density at radius 2 is 1.59 bits per heavy atom. The molecule has 0 atom stereocenters. The highest BCUT2D eigenvalue weighted by Gasteiger charge is 2.35. The average molecular weight is 505 g/mol. The van der Waals surface area contributed by atoms with Crippen molar-refractivity contribution >= 4 is 63.8 Å². The van der Waals surface area contributed by atoms with Crippen LogP contribution >= 0.6 is 46.6 Å². The van der Waals surface area contributed by atoms with Crippen molar-refractivity contribution in [3.05, 3.63) is 103 Å². The van der Waals surface area contributed by atoms with Gasteiger partial charge in [-0.2, -0.15) is 0 Å². The minimum Gasteiger partial charge on any atom is -0.489 e. The highest BCUT2D eigenvalue weighted by Crippen LogP contribution is 2.36. The summed E-state index contributed by atoms with van der Waals surface area (Å²) in [6.45, 7) is 0.403. The summed E-state index contributed by atoms with van der Waals surface area (Å²) in [5, 5.41) is 1.12. The normalized spacial score (nSPS) is 15.0. The summed E-state index contributed by atoms with van der Waals surface area (Å²) in [5.74, 6) is 0.263. The third-order valence-electron chi connectivity index (χ3n) is 4.73. The van der Waals surface area contributed by atoms with Gasteiger partial charge in [-0.15, -0.1) is 0 Å². The van der Waals surface area contributed by atoms with Gasteiger partial charge in [0.1, 0.15) is 12.4 Å². The number of benzene rings is 3. The van der Waals surface area contributed by atoms with E-state index in [0.717, 1.165) is 27.8 Å². The second kappa shape index (κ2) is 10.0.